The van der Waals surface area contributed by atoms with Gasteiger partial charge in [-0.2, -0.15) is 0 Å². The van der Waals surface area contributed by atoms with E-state index in [0.29, 0.717) is 10.8 Å². The fourth-order valence-electron chi connectivity index (χ4n) is 3.05. The molecule has 1 N–H and O–H groups in total. The van der Waals surface area contributed by atoms with Crippen molar-refractivity contribution in [3.05, 3.63) is 59.7 Å². The molecular weight excluding hydrogens is 298 g/mol. The number of aliphatic hydroxyl groups is 1. The Bertz CT molecular complexity index is 769. The first-order valence-corrected chi connectivity index (χ1v) is 9.12. The van der Waals surface area contributed by atoms with Gasteiger partial charge in [-0.3, -0.25) is 0 Å². The summed E-state index contributed by atoms with van der Waals surface area (Å²) in [5.74, 6) is 0.312. The van der Waals surface area contributed by atoms with Crippen LogP contribution < -0.4 is 4.90 Å². The zero-order valence-corrected chi connectivity index (χ0v) is 13.3. The molecule has 0 amide bonds. The van der Waals surface area contributed by atoms with Crippen LogP contribution in [-0.4, -0.2) is 33.1 Å². The van der Waals surface area contributed by atoms with Gasteiger partial charge in [-0.1, -0.05) is 30.3 Å². The lowest BCUT2D eigenvalue weighted by atomic mass is 9.94. The molecule has 0 radical (unpaired) electrons. The third kappa shape index (κ3) is 2.87. The van der Waals surface area contributed by atoms with E-state index in [2.05, 4.69) is 6.07 Å². The van der Waals surface area contributed by atoms with Gasteiger partial charge in [0.2, 0.25) is 0 Å². The summed E-state index contributed by atoms with van der Waals surface area (Å²) in [6.45, 7) is 0.796. The average molecular weight is 317 g/mol. The first-order valence-electron chi connectivity index (χ1n) is 7.23. The van der Waals surface area contributed by atoms with Crippen molar-refractivity contribution >= 4 is 15.5 Å². The first-order chi connectivity index (χ1) is 10.5. The Balaban J connectivity index is 1.83. The summed E-state index contributed by atoms with van der Waals surface area (Å²) < 4.78 is 23.0. The van der Waals surface area contributed by atoms with E-state index in [4.69, 9.17) is 0 Å². The van der Waals surface area contributed by atoms with Gasteiger partial charge in [0.1, 0.15) is 6.73 Å². The van der Waals surface area contributed by atoms with E-state index in [-0.39, 0.29) is 6.73 Å². The van der Waals surface area contributed by atoms with Crippen LogP contribution in [0.4, 0.5) is 5.69 Å². The summed E-state index contributed by atoms with van der Waals surface area (Å²) >= 11 is 0. The van der Waals surface area contributed by atoms with Crippen LogP contribution in [0.2, 0.25) is 0 Å². The van der Waals surface area contributed by atoms with Crippen LogP contribution >= 0.6 is 0 Å². The van der Waals surface area contributed by atoms with Crippen molar-refractivity contribution in [3.8, 4) is 0 Å². The molecule has 5 heteroatoms. The maximum Gasteiger partial charge on any atom is 0.175 e. The topological polar surface area (TPSA) is 57.6 Å². The molecule has 0 spiro atoms. The van der Waals surface area contributed by atoms with Crippen molar-refractivity contribution in [2.24, 2.45) is 0 Å². The van der Waals surface area contributed by atoms with Gasteiger partial charge >= 0.3 is 0 Å². The lowest BCUT2D eigenvalue weighted by Crippen LogP contribution is -2.23. The third-order valence-electron chi connectivity index (χ3n) is 4.16. The Morgan fingerprint density at radius 1 is 1.14 bits per heavy atom. The predicted molar refractivity (Wildman–Crippen MR) is 86.9 cm³/mol. The van der Waals surface area contributed by atoms with E-state index >= 15 is 0 Å². The van der Waals surface area contributed by atoms with E-state index in [0.717, 1.165) is 24.2 Å². The van der Waals surface area contributed by atoms with Crippen LogP contribution in [0, 0.1) is 0 Å². The molecule has 22 heavy (non-hydrogen) atoms. The van der Waals surface area contributed by atoms with Crippen LogP contribution in [0.15, 0.2) is 53.4 Å². The largest absolute Gasteiger partial charge is 0.376 e. The van der Waals surface area contributed by atoms with Crippen molar-refractivity contribution < 1.29 is 13.5 Å². The Kier molecular flexibility index (Phi) is 3.93. The maximum atomic E-state index is 11.5. The monoisotopic (exact) mass is 317 g/mol. The molecule has 2 aromatic carbocycles. The normalized spacial score (nSPS) is 17.5. The quantitative estimate of drug-likeness (QED) is 0.939. The zero-order valence-electron chi connectivity index (χ0n) is 12.4. The molecule has 2 aromatic rings. The highest BCUT2D eigenvalue weighted by molar-refractivity contribution is 7.90. The fourth-order valence-corrected chi connectivity index (χ4v) is 3.68. The fraction of sp³-hybridized carbons (Fsp3) is 0.294. The van der Waals surface area contributed by atoms with Gasteiger partial charge < -0.3 is 10.0 Å². The molecule has 0 aromatic heterocycles. The number of aliphatic hydroxyl groups excluding tert-OH is 1. The molecule has 116 valence electrons. The van der Waals surface area contributed by atoms with Crippen LogP contribution in [-0.2, 0) is 16.3 Å². The third-order valence-corrected chi connectivity index (χ3v) is 5.29. The molecule has 4 nitrogen and oxygen atoms in total. The Morgan fingerprint density at radius 3 is 2.45 bits per heavy atom. The highest BCUT2D eigenvalue weighted by Crippen LogP contribution is 2.37. The molecule has 1 aliphatic heterocycles. The maximum absolute atomic E-state index is 11.5. The minimum absolute atomic E-state index is 0.0144. The lowest BCUT2D eigenvalue weighted by molar-refractivity contribution is 0.292. The van der Waals surface area contributed by atoms with E-state index in [1.807, 2.05) is 35.2 Å². The standard InChI is InChI=1S/C17H19NO3S/c1-22(20,21)15-8-6-13(7-9-15)10-14-11-18(12-19)17-5-3-2-4-16(14)17/h2-9,14,19H,10-12H2,1H3. The number of benzene rings is 2. The number of para-hydroxylation sites is 1. The zero-order chi connectivity index (χ0) is 15.7. The van der Waals surface area contributed by atoms with Crippen LogP contribution in [0.3, 0.4) is 0 Å². The van der Waals surface area contributed by atoms with Gasteiger partial charge in [-0.25, -0.2) is 8.42 Å². The summed E-state index contributed by atoms with van der Waals surface area (Å²) in [5, 5.41) is 9.48. The minimum atomic E-state index is -3.15. The molecule has 0 saturated heterocycles. The van der Waals surface area contributed by atoms with Crippen molar-refractivity contribution in [1.29, 1.82) is 0 Å². The predicted octanol–water partition coefficient (Wildman–Crippen LogP) is 2.19. The number of fused-ring (bicyclic) bond motifs is 1. The van der Waals surface area contributed by atoms with Crippen molar-refractivity contribution in [1.82, 2.24) is 0 Å². The highest BCUT2D eigenvalue weighted by Gasteiger charge is 2.27. The van der Waals surface area contributed by atoms with Gasteiger partial charge in [0.25, 0.3) is 0 Å². The Morgan fingerprint density at radius 2 is 1.82 bits per heavy atom. The molecule has 0 bridgehead atoms. The van der Waals surface area contributed by atoms with Gasteiger partial charge in [-0.15, -0.1) is 0 Å². The summed E-state index contributed by atoms with van der Waals surface area (Å²) in [6.07, 6.45) is 2.05. The van der Waals surface area contributed by atoms with Gasteiger partial charge in [0.05, 0.1) is 4.90 Å². The molecule has 0 aliphatic carbocycles. The molecule has 1 atom stereocenters. The van der Waals surface area contributed by atoms with Gasteiger partial charge in [-0.05, 0) is 35.7 Å². The van der Waals surface area contributed by atoms with Gasteiger partial charge in [0, 0.05) is 24.4 Å². The molecule has 0 saturated carbocycles. The molecular formula is C17H19NO3S. The number of rotatable bonds is 4. The molecule has 3 rings (SSSR count). The number of sulfone groups is 1. The number of hydrogen-bond donors (Lipinski definition) is 1. The second-order valence-electron chi connectivity index (χ2n) is 5.74. The van der Waals surface area contributed by atoms with Crippen LogP contribution in [0.5, 0.6) is 0 Å². The van der Waals surface area contributed by atoms with Crippen LogP contribution in [0.1, 0.15) is 17.0 Å². The summed E-state index contributed by atoms with van der Waals surface area (Å²) in [7, 11) is -3.15. The van der Waals surface area contributed by atoms with Crippen LogP contribution in [0.25, 0.3) is 0 Å². The number of hydrogen-bond acceptors (Lipinski definition) is 4. The summed E-state index contributed by atoms with van der Waals surface area (Å²) in [4.78, 5) is 2.31. The lowest BCUT2D eigenvalue weighted by Gasteiger charge is -2.16. The summed E-state index contributed by atoms with van der Waals surface area (Å²) in [5.41, 5.74) is 3.43. The molecule has 1 unspecified atom stereocenters. The molecule has 1 heterocycles. The Hall–Kier alpha value is -1.85. The SMILES string of the molecule is CS(=O)(=O)c1ccc(CC2CN(CO)c3ccccc32)cc1. The second kappa shape index (κ2) is 5.74. The number of anilines is 1. The van der Waals surface area contributed by atoms with Gasteiger partial charge in [0.15, 0.2) is 9.84 Å². The van der Waals surface area contributed by atoms with Crippen molar-refractivity contribution in [2.75, 3.05) is 24.4 Å². The highest BCUT2D eigenvalue weighted by atomic mass is 32.2. The molecule has 1 aliphatic rings. The van der Waals surface area contributed by atoms with E-state index in [1.165, 1.54) is 11.8 Å². The number of nitrogens with zero attached hydrogens (tertiary/aromatic N) is 1. The second-order valence-corrected chi connectivity index (χ2v) is 7.76. The first kappa shape index (κ1) is 15.1. The van der Waals surface area contributed by atoms with Crippen molar-refractivity contribution in [2.45, 2.75) is 17.2 Å². The van der Waals surface area contributed by atoms with E-state index in [9.17, 15) is 13.5 Å². The van der Waals surface area contributed by atoms with E-state index in [1.54, 1.807) is 12.1 Å². The Labute approximate surface area is 130 Å². The average Bonchev–Trinajstić information content (AvgIpc) is 2.85. The molecule has 0 fully saturated rings. The van der Waals surface area contributed by atoms with Crippen molar-refractivity contribution in [3.63, 3.8) is 0 Å². The smallest absolute Gasteiger partial charge is 0.175 e. The summed E-state index contributed by atoms with van der Waals surface area (Å²) in [6, 6.07) is 15.2. The van der Waals surface area contributed by atoms with E-state index < -0.39 is 9.84 Å². The minimum Gasteiger partial charge on any atom is -0.376 e.